The summed E-state index contributed by atoms with van der Waals surface area (Å²) in [6, 6.07) is 3.57. The molecule has 0 aliphatic heterocycles. The SMILES string of the molecule is Cc1cc(C)c(C(C)(C)CN)c(F)c1. The maximum Gasteiger partial charge on any atom is 0.127 e. The summed E-state index contributed by atoms with van der Waals surface area (Å²) < 4.78 is 13.7. The molecule has 1 nitrogen and oxygen atoms in total. The van der Waals surface area contributed by atoms with Gasteiger partial charge in [-0.1, -0.05) is 19.9 Å². The summed E-state index contributed by atoms with van der Waals surface area (Å²) in [5.41, 5.74) is 8.04. The maximum absolute atomic E-state index is 13.7. The minimum atomic E-state index is -0.290. The minimum absolute atomic E-state index is 0.141. The lowest BCUT2D eigenvalue weighted by molar-refractivity contribution is 0.489. The number of nitrogens with two attached hydrogens (primary N) is 1. The van der Waals surface area contributed by atoms with Gasteiger partial charge in [0.15, 0.2) is 0 Å². The van der Waals surface area contributed by atoms with Crippen LogP contribution in [0.2, 0.25) is 0 Å². The summed E-state index contributed by atoms with van der Waals surface area (Å²) in [5.74, 6) is -0.141. The van der Waals surface area contributed by atoms with Crippen molar-refractivity contribution >= 4 is 0 Å². The Labute approximate surface area is 85.1 Å². The molecule has 14 heavy (non-hydrogen) atoms. The second-order valence-corrected chi connectivity index (χ2v) is 4.53. The van der Waals surface area contributed by atoms with Crippen LogP contribution in [0.4, 0.5) is 4.39 Å². The highest BCUT2D eigenvalue weighted by atomic mass is 19.1. The van der Waals surface area contributed by atoms with Gasteiger partial charge in [-0.3, -0.25) is 0 Å². The molecule has 2 N–H and O–H groups in total. The highest BCUT2D eigenvalue weighted by Gasteiger charge is 2.24. The fourth-order valence-corrected chi connectivity index (χ4v) is 1.87. The third-order valence-electron chi connectivity index (χ3n) is 2.62. The zero-order chi connectivity index (χ0) is 10.9. The van der Waals surface area contributed by atoms with Gasteiger partial charge >= 0.3 is 0 Å². The number of halogens is 1. The van der Waals surface area contributed by atoms with Crippen LogP contribution in [-0.4, -0.2) is 6.54 Å². The normalized spacial score (nSPS) is 11.9. The van der Waals surface area contributed by atoms with Gasteiger partial charge in [-0.25, -0.2) is 4.39 Å². The molecule has 0 saturated carbocycles. The Morgan fingerprint density at radius 2 is 1.86 bits per heavy atom. The molecule has 2 heteroatoms. The molecular formula is C12H18FN. The molecule has 0 fully saturated rings. The molecule has 0 aliphatic rings. The van der Waals surface area contributed by atoms with Crippen molar-refractivity contribution in [2.24, 2.45) is 5.73 Å². The molecule has 0 aromatic heterocycles. The van der Waals surface area contributed by atoms with Crippen LogP contribution < -0.4 is 5.73 Å². The van der Waals surface area contributed by atoms with Crippen LogP contribution >= 0.6 is 0 Å². The van der Waals surface area contributed by atoms with Crippen molar-refractivity contribution in [1.29, 1.82) is 0 Å². The van der Waals surface area contributed by atoms with Gasteiger partial charge in [0.2, 0.25) is 0 Å². The van der Waals surface area contributed by atoms with Crippen molar-refractivity contribution in [3.05, 3.63) is 34.6 Å². The van der Waals surface area contributed by atoms with Gasteiger partial charge in [-0.15, -0.1) is 0 Å². The van der Waals surface area contributed by atoms with Crippen LogP contribution in [0.1, 0.15) is 30.5 Å². The monoisotopic (exact) mass is 195 g/mol. The Morgan fingerprint density at radius 3 is 2.29 bits per heavy atom. The zero-order valence-electron chi connectivity index (χ0n) is 9.32. The van der Waals surface area contributed by atoms with Crippen molar-refractivity contribution in [1.82, 2.24) is 0 Å². The van der Waals surface area contributed by atoms with E-state index in [4.69, 9.17) is 5.73 Å². The van der Waals surface area contributed by atoms with E-state index in [1.54, 1.807) is 6.07 Å². The molecule has 0 radical (unpaired) electrons. The molecule has 0 atom stereocenters. The molecule has 0 saturated heterocycles. The van der Waals surface area contributed by atoms with Crippen LogP contribution in [0.15, 0.2) is 12.1 Å². The molecule has 0 heterocycles. The third kappa shape index (κ3) is 1.95. The predicted octanol–water partition coefficient (Wildman–Crippen LogP) is 2.68. The quantitative estimate of drug-likeness (QED) is 0.771. The fraction of sp³-hybridized carbons (Fsp3) is 0.500. The molecule has 1 aromatic carbocycles. The van der Waals surface area contributed by atoms with Crippen LogP contribution in [0, 0.1) is 19.7 Å². The first-order valence-corrected chi connectivity index (χ1v) is 4.86. The third-order valence-corrected chi connectivity index (χ3v) is 2.62. The second kappa shape index (κ2) is 3.70. The Bertz CT molecular complexity index is 319. The zero-order valence-corrected chi connectivity index (χ0v) is 9.32. The summed E-state index contributed by atoms with van der Waals surface area (Å²) >= 11 is 0. The Balaban J connectivity index is 3.35. The van der Waals surface area contributed by atoms with Gasteiger partial charge in [0.1, 0.15) is 5.82 Å². The van der Waals surface area contributed by atoms with E-state index in [1.165, 1.54) is 0 Å². The topological polar surface area (TPSA) is 26.0 Å². The van der Waals surface area contributed by atoms with E-state index in [9.17, 15) is 4.39 Å². The molecule has 0 aliphatic carbocycles. The second-order valence-electron chi connectivity index (χ2n) is 4.53. The number of hydrogen-bond acceptors (Lipinski definition) is 1. The molecule has 1 aromatic rings. The van der Waals surface area contributed by atoms with Crippen molar-refractivity contribution in [2.45, 2.75) is 33.1 Å². The highest BCUT2D eigenvalue weighted by molar-refractivity contribution is 5.37. The molecular weight excluding hydrogens is 177 g/mol. The van der Waals surface area contributed by atoms with Crippen molar-refractivity contribution < 1.29 is 4.39 Å². The van der Waals surface area contributed by atoms with Gasteiger partial charge in [0.25, 0.3) is 0 Å². The Morgan fingerprint density at radius 1 is 1.29 bits per heavy atom. The first-order valence-electron chi connectivity index (χ1n) is 4.86. The highest BCUT2D eigenvalue weighted by Crippen LogP contribution is 2.28. The Hall–Kier alpha value is -0.890. The molecule has 0 unspecified atom stereocenters. The van der Waals surface area contributed by atoms with E-state index in [0.717, 1.165) is 16.7 Å². The van der Waals surface area contributed by atoms with Crippen LogP contribution in [0.25, 0.3) is 0 Å². The summed E-state index contributed by atoms with van der Waals surface area (Å²) in [7, 11) is 0. The molecule has 0 amide bonds. The number of aryl methyl sites for hydroxylation is 2. The number of hydrogen-bond donors (Lipinski definition) is 1. The van der Waals surface area contributed by atoms with E-state index in [2.05, 4.69) is 0 Å². The van der Waals surface area contributed by atoms with Crippen LogP contribution in [0.5, 0.6) is 0 Å². The largest absolute Gasteiger partial charge is 0.330 e. The predicted molar refractivity (Wildman–Crippen MR) is 58.0 cm³/mol. The maximum atomic E-state index is 13.7. The first-order chi connectivity index (χ1) is 6.38. The van der Waals surface area contributed by atoms with Gasteiger partial charge in [-0.2, -0.15) is 0 Å². The average Bonchev–Trinajstić information content (AvgIpc) is 2.01. The van der Waals surface area contributed by atoms with Crippen LogP contribution in [-0.2, 0) is 5.41 Å². The lowest BCUT2D eigenvalue weighted by Crippen LogP contribution is -2.30. The van der Waals surface area contributed by atoms with Gasteiger partial charge in [0.05, 0.1) is 0 Å². The molecule has 1 rings (SSSR count). The Kier molecular flexibility index (Phi) is 2.95. The first kappa shape index (κ1) is 11.2. The fourth-order valence-electron chi connectivity index (χ4n) is 1.87. The number of benzene rings is 1. The number of rotatable bonds is 2. The van der Waals surface area contributed by atoms with E-state index in [0.29, 0.717) is 6.54 Å². The van der Waals surface area contributed by atoms with E-state index < -0.39 is 0 Å². The smallest absolute Gasteiger partial charge is 0.127 e. The minimum Gasteiger partial charge on any atom is -0.330 e. The lowest BCUT2D eigenvalue weighted by Gasteiger charge is -2.26. The van der Waals surface area contributed by atoms with E-state index in [-0.39, 0.29) is 11.2 Å². The lowest BCUT2D eigenvalue weighted by atomic mass is 9.81. The summed E-state index contributed by atoms with van der Waals surface area (Å²) in [4.78, 5) is 0. The molecule has 0 bridgehead atoms. The molecule has 78 valence electrons. The van der Waals surface area contributed by atoms with Gasteiger partial charge in [-0.05, 0) is 36.6 Å². The summed E-state index contributed by atoms with van der Waals surface area (Å²) in [6.45, 7) is 8.22. The van der Waals surface area contributed by atoms with Crippen molar-refractivity contribution in [2.75, 3.05) is 6.54 Å². The van der Waals surface area contributed by atoms with Gasteiger partial charge < -0.3 is 5.73 Å². The van der Waals surface area contributed by atoms with E-state index in [1.807, 2.05) is 33.8 Å². The summed E-state index contributed by atoms with van der Waals surface area (Å²) in [6.07, 6.45) is 0. The van der Waals surface area contributed by atoms with Gasteiger partial charge in [0, 0.05) is 12.0 Å². The van der Waals surface area contributed by atoms with Crippen LogP contribution in [0.3, 0.4) is 0 Å². The van der Waals surface area contributed by atoms with E-state index >= 15 is 0 Å². The standard InChI is InChI=1S/C12H18FN/c1-8-5-9(2)11(10(13)6-8)12(3,4)7-14/h5-6H,7,14H2,1-4H3. The average molecular weight is 195 g/mol. The van der Waals surface area contributed by atoms with Crippen molar-refractivity contribution in [3.8, 4) is 0 Å². The molecule has 0 spiro atoms. The van der Waals surface area contributed by atoms with Crippen molar-refractivity contribution in [3.63, 3.8) is 0 Å². The summed E-state index contributed by atoms with van der Waals surface area (Å²) in [5, 5.41) is 0.